The molecule has 4 aromatic rings. The van der Waals surface area contributed by atoms with Crippen LogP contribution in [0.25, 0.3) is 11.3 Å². The summed E-state index contributed by atoms with van der Waals surface area (Å²) in [5.41, 5.74) is 3.34. The second kappa shape index (κ2) is 10.5. The van der Waals surface area contributed by atoms with E-state index in [0.29, 0.717) is 36.7 Å². The average Bonchev–Trinajstić information content (AvgIpc) is 3.55. The van der Waals surface area contributed by atoms with Crippen molar-refractivity contribution in [2.45, 2.75) is 58.6 Å². The van der Waals surface area contributed by atoms with Gasteiger partial charge in [0.1, 0.15) is 5.60 Å². The van der Waals surface area contributed by atoms with Crippen molar-refractivity contribution in [1.29, 1.82) is 0 Å². The fourth-order valence-electron chi connectivity index (χ4n) is 4.54. The molecule has 4 heterocycles. The minimum Gasteiger partial charge on any atom is -0.463 e. The predicted molar refractivity (Wildman–Crippen MR) is 142 cm³/mol. The summed E-state index contributed by atoms with van der Waals surface area (Å²) in [6.45, 7) is 10.9. The van der Waals surface area contributed by atoms with Crippen LogP contribution in [0.5, 0.6) is 6.01 Å². The highest BCUT2D eigenvalue weighted by atomic mass is 16.5. The first-order chi connectivity index (χ1) is 17.8. The fraction of sp³-hybridized carbons (Fsp3) is 0.481. The lowest BCUT2D eigenvalue weighted by atomic mass is 9.99. The van der Waals surface area contributed by atoms with Gasteiger partial charge in [-0.2, -0.15) is 24.7 Å². The molecule has 196 valence electrons. The molecule has 1 saturated heterocycles. The van der Waals surface area contributed by atoms with Gasteiger partial charge in [0, 0.05) is 18.3 Å². The number of piperidine rings is 1. The van der Waals surface area contributed by atoms with Gasteiger partial charge in [-0.3, -0.25) is 0 Å². The maximum atomic E-state index is 10.3. The van der Waals surface area contributed by atoms with Crippen molar-refractivity contribution in [3.8, 4) is 11.7 Å². The molecule has 1 aromatic carbocycles. The molecule has 10 nitrogen and oxygen atoms in total. The van der Waals surface area contributed by atoms with Crippen LogP contribution in [0.15, 0.2) is 42.7 Å². The van der Waals surface area contributed by atoms with Crippen LogP contribution >= 0.6 is 0 Å². The SMILES string of the molecule is CC(C)c1cnn2c(NCc3ccccc3-n3ccc(C(C)(C)O)n3)nc(OCC3CCNCC3)nc12. The van der Waals surface area contributed by atoms with Crippen LogP contribution in [-0.4, -0.2) is 54.2 Å². The lowest BCUT2D eigenvalue weighted by Gasteiger charge is -2.22. The number of ether oxygens (including phenoxy) is 1. The summed E-state index contributed by atoms with van der Waals surface area (Å²) in [6, 6.07) is 10.2. The Morgan fingerprint density at radius 1 is 1.16 bits per heavy atom. The van der Waals surface area contributed by atoms with Gasteiger partial charge >= 0.3 is 6.01 Å². The normalized spacial score (nSPS) is 15.0. The second-order valence-corrected chi connectivity index (χ2v) is 10.5. The van der Waals surface area contributed by atoms with E-state index in [1.165, 1.54) is 0 Å². The largest absolute Gasteiger partial charge is 0.463 e. The highest BCUT2D eigenvalue weighted by Gasteiger charge is 2.21. The van der Waals surface area contributed by atoms with E-state index >= 15 is 0 Å². The van der Waals surface area contributed by atoms with Crippen LogP contribution in [0, 0.1) is 5.92 Å². The van der Waals surface area contributed by atoms with Crippen molar-refractivity contribution >= 4 is 11.6 Å². The third-order valence-electron chi connectivity index (χ3n) is 6.79. The van der Waals surface area contributed by atoms with E-state index in [-0.39, 0.29) is 5.92 Å². The number of para-hydroxylation sites is 1. The molecule has 0 amide bonds. The topological polar surface area (TPSA) is 114 Å². The van der Waals surface area contributed by atoms with Gasteiger partial charge in [-0.25, -0.2) is 4.68 Å². The summed E-state index contributed by atoms with van der Waals surface area (Å²) < 4.78 is 9.64. The van der Waals surface area contributed by atoms with Crippen molar-refractivity contribution in [3.63, 3.8) is 0 Å². The maximum Gasteiger partial charge on any atom is 0.321 e. The van der Waals surface area contributed by atoms with Gasteiger partial charge in [0.15, 0.2) is 5.65 Å². The third-order valence-corrected chi connectivity index (χ3v) is 6.79. The highest BCUT2D eigenvalue weighted by Crippen LogP contribution is 2.25. The molecule has 37 heavy (non-hydrogen) atoms. The molecule has 0 spiro atoms. The van der Waals surface area contributed by atoms with Gasteiger partial charge in [-0.05, 0) is 69.3 Å². The Morgan fingerprint density at radius 3 is 2.68 bits per heavy atom. The Balaban J connectivity index is 1.41. The smallest absolute Gasteiger partial charge is 0.321 e. The lowest BCUT2D eigenvalue weighted by molar-refractivity contribution is 0.0734. The maximum absolute atomic E-state index is 10.3. The molecule has 3 N–H and O–H groups in total. The van der Waals surface area contributed by atoms with Crippen molar-refractivity contribution < 1.29 is 9.84 Å². The average molecular weight is 505 g/mol. The number of rotatable bonds is 9. The van der Waals surface area contributed by atoms with Crippen molar-refractivity contribution in [2.24, 2.45) is 5.92 Å². The molecule has 1 fully saturated rings. The third kappa shape index (κ3) is 5.60. The molecule has 0 unspecified atom stereocenters. The minimum atomic E-state index is -1.01. The fourth-order valence-corrected chi connectivity index (χ4v) is 4.54. The number of nitrogens with zero attached hydrogens (tertiary/aromatic N) is 6. The summed E-state index contributed by atoms with van der Waals surface area (Å²) in [7, 11) is 0. The molecule has 10 heteroatoms. The first-order valence-corrected chi connectivity index (χ1v) is 13.0. The monoisotopic (exact) mass is 504 g/mol. The van der Waals surface area contributed by atoms with Gasteiger partial charge in [0.2, 0.25) is 5.95 Å². The molecular formula is C27H36N8O2. The van der Waals surface area contributed by atoms with Crippen LogP contribution in [-0.2, 0) is 12.1 Å². The van der Waals surface area contributed by atoms with Crippen LogP contribution < -0.4 is 15.4 Å². The molecule has 5 rings (SSSR count). The van der Waals surface area contributed by atoms with Gasteiger partial charge in [-0.1, -0.05) is 32.0 Å². The first kappa shape index (κ1) is 25.2. The Bertz CT molecular complexity index is 1350. The lowest BCUT2D eigenvalue weighted by Crippen LogP contribution is -2.30. The van der Waals surface area contributed by atoms with Crippen LogP contribution in [0.3, 0.4) is 0 Å². The Morgan fingerprint density at radius 2 is 1.95 bits per heavy atom. The molecule has 1 aliphatic rings. The van der Waals surface area contributed by atoms with Crippen molar-refractivity contribution in [3.05, 3.63) is 59.5 Å². The Labute approximate surface area is 217 Å². The molecular weight excluding hydrogens is 468 g/mol. The van der Waals surface area contributed by atoms with E-state index in [1.807, 2.05) is 42.7 Å². The van der Waals surface area contributed by atoms with E-state index in [4.69, 9.17) is 14.7 Å². The number of aliphatic hydroxyl groups is 1. The number of fused-ring (bicyclic) bond motifs is 1. The number of hydrogen-bond donors (Lipinski definition) is 3. The number of hydrogen-bond acceptors (Lipinski definition) is 8. The zero-order valence-corrected chi connectivity index (χ0v) is 22.0. The summed E-state index contributed by atoms with van der Waals surface area (Å²) in [5.74, 6) is 1.34. The molecule has 3 aromatic heterocycles. The number of aromatic nitrogens is 6. The second-order valence-electron chi connectivity index (χ2n) is 10.5. The Kier molecular flexibility index (Phi) is 7.12. The van der Waals surface area contributed by atoms with E-state index in [0.717, 1.165) is 48.4 Å². The van der Waals surface area contributed by atoms with E-state index in [1.54, 1.807) is 23.0 Å². The quantitative estimate of drug-likeness (QED) is 0.317. The summed E-state index contributed by atoms with van der Waals surface area (Å²) in [4.78, 5) is 9.42. The van der Waals surface area contributed by atoms with E-state index in [2.05, 4.69) is 34.7 Å². The zero-order chi connectivity index (χ0) is 26.0. The summed E-state index contributed by atoms with van der Waals surface area (Å²) in [5, 5.41) is 26.3. The van der Waals surface area contributed by atoms with Crippen molar-refractivity contribution in [2.75, 3.05) is 25.0 Å². The first-order valence-electron chi connectivity index (χ1n) is 13.0. The van der Waals surface area contributed by atoms with Gasteiger partial charge < -0.3 is 20.5 Å². The van der Waals surface area contributed by atoms with Crippen LogP contribution in [0.2, 0.25) is 0 Å². The molecule has 1 aliphatic heterocycles. The molecule has 0 atom stereocenters. The van der Waals surface area contributed by atoms with Gasteiger partial charge in [-0.15, -0.1) is 0 Å². The molecule has 0 saturated carbocycles. The van der Waals surface area contributed by atoms with Gasteiger partial charge in [0.25, 0.3) is 0 Å². The highest BCUT2D eigenvalue weighted by molar-refractivity contribution is 5.53. The summed E-state index contributed by atoms with van der Waals surface area (Å²) in [6.07, 6.45) is 5.91. The predicted octanol–water partition coefficient (Wildman–Crippen LogP) is 3.65. The van der Waals surface area contributed by atoms with Gasteiger partial charge in [0.05, 0.1) is 24.2 Å². The standard InChI is InChI=1S/C27H36N8O2/c1-18(2)21-16-30-35-24(21)31-26(37-17-19-9-12-28-13-10-19)32-25(35)29-15-20-7-5-6-8-22(20)34-14-11-23(33-34)27(3,4)36/h5-8,11,14,16,18-19,28,36H,9-10,12-13,15,17H2,1-4H3,(H,29,31,32). The van der Waals surface area contributed by atoms with E-state index < -0.39 is 5.60 Å². The van der Waals surface area contributed by atoms with Crippen LogP contribution in [0.4, 0.5) is 5.95 Å². The minimum absolute atomic E-state index is 0.267. The Hall–Kier alpha value is -3.50. The number of anilines is 1. The zero-order valence-electron chi connectivity index (χ0n) is 22.0. The molecule has 0 aliphatic carbocycles. The number of benzene rings is 1. The van der Waals surface area contributed by atoms with E-state index in [9.17, 15) is 5.11 Å². The number of nitrogens with one attached hydrogen (secondary N) is 2. The van der Waals surface area contributed by atoms with Crippen molar-refractivity contribution in [1.82, 2.24) is 34.7 Å². The molecule has 0 radical (unpaired) electrons. The molecule has 0 bridgehead atoms. The summed E-state index contributed by atoms with van der Waals surface area (Å²) >= 11 is 0. The van der Waals surface area contributed by atoms with Crippen LogP contribution in [0.1, 0.15) is 63.3 Å².